The minimum absolute atomic E-state index is 0. The van der Waals surface area contributed by atoms with E-state index in [1.165, 1.54) is 12.0 Å². The van der Waals surface area contributed by atoms with E-state index < -0.39 is 17.9 Å². The van der Waals surface area contributed by atoms with Crippen molar-refractivity contribution in [1.82, 2.24) is 15.3 Å². The lowest BCUT2D eigenvalue weighted by atomic mass is 9.97. The van der Waals surface area contributed by atoms with Crippen LogP contribution in [0.1, 0.15) is 38.4 Å². The molecule has 1 atom stereocenters. The number of carbonyl (C=O) groups excluding carboxylic acids is 3. The average molecular weight is 439 g/mol. The second-order valence-electron chi connectivity index (χ2n) is 6.94. The van der Waals surface area contributed by atoms with Crippen LogP contribution in [0.3, 0.4) is 0 Å². The predicted molar refractivity (Wildman–Crippen MR) is 128 cm³/mol. The van der Waals surface area contributed by atoms with Crippen molar-refractivity contribution in [2.75, 3.05) is 18.6 Å². The van der Waals surface area contributed by atoms with Crippen molar-refractivity contribution < 1.29 is 22.0 Å². The molecule has 1 aliphatic rings. The van der Waals surface area contributed by atoms with E-state index in [9.17, 15) is 14.4 Å². The number of pyridine rings is 1. The number of esters is 1. The molecule has 8 heteroatoms. The monoisotopic (exact) mass is 438 g/mol. The molecule has 2 aromatic heterocycles. The van der Waals surface area contributed by atoms with Crippen LogP contribution in [0.25, 0.3) is 17.0 Å². The Labute approximate surface area is 189 Å². The summed E-state index contributed by atoms with van der Waals surface area (Å²) in [6.45, 7) is 7.47. The second-order valence-corrected chi connectivity index (χ2v) is 6.94. The Bertz CT molecular complexity index is 1180. The van der Waals surface area contributed by atoms with Gasteiger partial charge in [-0.25, -0.2) is 0 Å². The number of methoxy groups -OCH3 is 1. The first-order valence-corrected chi connectivity index (χ1v) is 10.4. The summed E-state index contributed by atoms with van der Waals surface area (Å²) in [7, 11) is 1.27. The van der Waals surface area contributed by atoms with Gasteiger partial charge in [-0.3, -0.25) is 24.3 Å². The van der Waals surface area contributed by atoms with Crippen LogP contribution in [0.2, 0.25) is 0 Å². The fourth-order valence-electron chi connectivity index (χ4n) is 3.55. The molecule has 1 unspecified atom stereocenters. The summed E-state index contributed by atoms with van der Waals surface area (Å²) in [5, 5.41) is 3.60. The highest BCUT2D eigenvalue weighted by Gasteiger charge is 2.35. The van der Waals surface area contributed by atoms with Crippen LogP contribution in [0.5, 0.6) is 0 Å². The molecule has 170 valence electrons. The van der Waals surface area contributed by atoms with Crippen LogP contribution in [-0.4, -0.2) is 47.4 Å². The van der Waals surface area contributed by atoms with Gasteiger partial charge in [-0.05, 0) is 29.8 Å². The number of aromatic amines is 1. The van der Waals surface area contributed by atoms with E-state index in [1.807, 2.05) is 32.0 Å². The van der Waals surface area contributed by atoms with E-state index >= 15 is 0 Å². The van der Waals surface area contributed by atoms with E-state index in [0.29, 0.717) is 29.0 Å². The fourth-order valence-corrected chi connectivity index (χ4v) is 3.55. The van der Waals surface area contributed by atoms with Gasteiger partial charge in [0.2, 0.25) is 5.91 Å². The molecule has 0 aliphatic carbocycles. The SMILES string of the molecule is C=Cc1cc2cc(C(=O)NC3Cc4ccccc4N(CC(=O)OC)C3=O)[nH]c2cn1.CC.[HH].[HH]. The number of nitrogens with one attached hydrogen (secondary N) is 2. The Morgan fingerprint density at radius 3 is 2.81 bits per heavy atom. The Kier molecular flexibility index (Phi) is 7.04. The van der Waals surface area contributed by atoms with Gasteiger partial charge in [0, 0.05) is 20.3 Å². The van der Waals surface area contributed by atoms with Gasteiger partial charge in [-0.1, -0.05) is 38.6 Å². The molecule has 0 saturated heterocycles. The molecule has 0 bridgehead atoms. The van der Waals surface area contributed by atoms with Crippen molar-refractivity contribution in [1.29, 1.82) is 0 Å². The van der Waals surface area contributed by atoms with E-state index in [0.717, 1.165) is 10.9 Å². The number of hydrogen-bond donors (Lipinski definition) is 2. The summed E-state index contributed by atoms with van der Waals surface area (Å²) in [5.74, 6) is -1.31. The first kappa shape index (κ1) is 22.7. The van der Waals surface area contributed by atoms with Gasteiger partial charge in [0.05, 0.1) is 24.5 Å². The Hall–Kier alpha value is -3.94. The average Bonchev–Trinajstić information content (AvgIpc) is 3.26. The molecule has 8 nitrogen and oxygen atoms in total. The number of hydrogen-bond acceptors (Lipinski definition) is 5. The minimum Gasteiger partial charge on any atom is -0.468 e. The van der Waals surface area contributed by atoms with Crippen molar-refractivity contribution in [3.05, 3.63) is 66.1 Å². The maximum absolute atomic E-state index is 13.0. The number of benzene rings is 1. The van der Waals surface area contributed by atoms with E-state index in [4.69, 9.17) is 4.74 Å². The van der Waals surface area contributed by atoms with E-state index in [-0.39, 0.29) is 15.3 Å². The number of H-pyrrole nitrogens is 1. The number of carbonyl (C=O) groups is 3. The van der Waals surface area contributed by atoms with E-state index in [1.54, 1.807) is 30.5 Å². The quantitative estimate of drug-likeness (QED) is 0.593. The van der Waals surface area contributed by atoms with Crippen LogP contribution in [-0.2, 0) is 20.7 Å². The highest BCUT2D eigenvalue weighted by atomic mass is 16.5. The summed E-state index contributed by atoms with van der Waals surface area (Å²) >= 11 is 0. The highest BCUT2D eigenvalue weighted by molar-refractivity contribution is 6.06. The molecule has 32 heavy (non-hydrogen) atoms. The van der Waals surface area contributed by atoms with Gasteiger partial charge in [-0.15, -0.1) is 0 Å². The smallest absolute Gasteiger partial charge is 0.325 e. The zero-order chi connectivity index (χ0) is 23.3. The fraction of sp³-hybridized carbons (Fsp3) is 0.250. The first-order valence-electron chi connectivity index (χ1n) is 10.4. The molecule has 1 aromatic carbocycles. The third kappa shape index (κ3) is 4.54. The number of nitrogens with zero attached hydrogens (tertiary/aromatic N) is 2. The zero-order valence-electron chi connectivity index (χ0n) is 18.3. The lowest BCUT2D eigenvalue weighted by molar-refractivity contribution is -0.140. The number of anilines is 1. The molecular weight excluding hydrogens is 408 g/mol. The van der Waals surface area contributed by atoms with Crippen LogP contribution in [0.15, 0.2) is 49.2 Å². The number of fused-ring (bicyclic) bond motifs is 2. The standard InChI is InChI=1S/C22H20N4O4.C2H6.2H2/c1-3-15-8-14-10-16(24-18(14)11-23-15)21(28)25-17-9-13-6-4-5-7-19(13)26(22(17)29)12-20(27)30-2;1-2;;/h3-8,10-11,17,24H,1,9,12H2,2H3,(H,25,28);1-2H3;2*1H. The number of ether oxygens (including phenoxy) is 1. The molecule has 0 radical (unpaired) electrons. The third-order valence-corrected chi connectivity index (χ3v) is 5.07. The zero-order valence-corrected chi connectivity index (χ0v) is 18.3. The normalized spacial score (nSPS) is 14.8. The minimum atomic E-state index is -0.801. The largest absolute Gasteiger partial charge is 0.468 e. The van der Waals surface area contributed by atoms with Crippen LogP contribution in [0.4, 0.5) is 5.69 Å². The topological polar surface area (TPSA) is 104 Å². The molecule has 2 N–H and O–H groups in total. The van der Waals surface area contributed by atoms with Crippen molar-refractivity contribution >= 4 is 40.4 Å². The Morgan fingerprint density at radius 1 is 1.34 bits per heavy atom. The summed E-state index contributed by atoms with van der Waals surface area (Å²) in [6.07, 6.45) is 3.59. The van der Waals surface area contributed by atoms with Gasteiger partial charge in [0.15, 0.2) is 0 Å². The first-order chi connectivity index (χ1) is 15.5. The van der Waals surface area contributed by atoms with Crippen molar-refractivity contribution in [2.24, 2.45) is 0 Å². The molecule has 4 rings (SSSR count). The van der Waals surface area contributed by atoms with Gasteiger partial charge in [-0.2, -0.15) is 0 Å². The highest BCUT2D eigenvalue weighted by Crippen LogP contribution is 2.28. The number of aromatic nitrogens is 2. The maximum atomic E-state index is 13.0. The summed E-state index contributed by atoms with van der Waals surface area (Å²) < 4.78 is 4.72. The lowest BCUT2D eigenvalue weighted by Gasteiger charge is -2.33. The predicted octanol–water partition coefficient (Wildman–Crippen LogP) is 3.58. The van der Waals surface area contributed by atoms with Crippen molar-refractivity contribution in [2.45, 2.75) is 26.3 Å². The van der Waals surface area contributed by atoms with Crippen LogP contribution < -0.4 is 10.2 Å². The van der Waals surface area contributed by atoms with Gasteiger partial charge < -0.3 is 15.0 Å². The van der Waals surface area contributed by atoms with Crippen molar-refractivity contribution in [3.8, 4) is 0 Å². The molecule has 2 amide bonds. The Morgan fingerprint density at radius 2 is 2.09 bits per heavy atom. The summed E-state index contributed by atoms with van der Waals surface area (Å²) in [6, 6.07) is 10.0. The third-order valence-electron chi connectivity index (χ3n) is 5.07. The maximum Gasteiger partial charge on any atom is 0.325 e. The number of amides is 2. The molecule has 3 heterocycles. The van der Waals surface area contributed by atoms with Crippen LogP contribution in [0, 0.1) is 0 Å². The van der Waals surface area contributed by atoms with E-state index in [2.05, 4.69) is 21.9 Å². The molecule has 0 saturated carbocycles. The van der Waals surface area contributed by atoms with Crippen molar-refractivity contribution in [3.63, 3.8) is 0 Å². The molecule has 0 spiro atoms. The summed E-state index contributed by atoms with van der Waals surface area (Å²) in [5.41, 5.74) is 3.23. The molecule has 0 fully saturated rings. The van der Waals surface area contributed by atoms with Gasteiger partial charge >= 0.3 is 5.97 Å². The second kappa shape index (κ2) is 9.91. The molecular formula is C24H30N4O4. The van der Waals surface area contributed by atoms with Crippen LogP contribution >= 0.6 is 0 Å². The molecule has 1 aliphatic heterocycles. The van der Waals surface area contributed by atoms with Gasteiger partial charge in [0.25, 0.3) is 5.91 Å². The number of para-hydroxylation sites is 1. The summed E-state index contributed by atoms with van der Waals surface area (Å²) in [4.78, 5) is 46.3. The molecule has 3 aromatic rings. The van der Waals surface area contributed by atoms with Gasteiger partial charge in [0.1, 0.15) is 18.3 Å². The Balaban J connectivity index is 0.00000141. The number of rotatable bonds is 5. The lowest BCUT2D eigenvalue weighted by Crippen LogP contribution is -2.54.